The van der Waals surface area contributed by atoms with Crippen LogP contribution in [-0.4, -0.2) is 45.5 Å². The lowest BCUT2D eigenvalue weighted by Gasteiger charge is -2.33. The number of hydrogen-bond donors (Lipinski definition) is 1. The number of piperidine rings is 1. The number of nitrogens with zero attached hydrogens (tertiary/aromatic N) is 4. The Labute approximate surface area is 160 Å². The Morgan fingerprint density at radius 2 is 1.93 bits per heavy atom. The lowest BCUT2D eigenvalue weighted by molar-refractivity contribution is 0.160. The third kappa shape index (κ3) is 4.25. The first-order valence-corrected chi connectivity index (χ1v) is 9.96. The van der Waals surface area contributed by atoms with Crippen LogP contribution in [0.2, 0.25) is 0 Å². The van der Waals surface area contributed by atoms with E-state index in [2.05, 4.69) is 28.2 Å². The zero-order chi connectivity index (χ0) is 18.5. The van der Waals surface area contributed by atoms with Crippen molar-refractivity contribution >= 4 is 16.7 Å². The molecule has 4 rings (SSSR count). The second kappa shape index (κ2) is 8.44. The second-order valence-corrected chi connectivity index (χ2v) is 7.31. The zero-order valence-corrected chi connectivity index (χ0v) is 15.9. The van der Waals surface area contributed by atoms with Gasteiger partial charge < -0.3 is 10.2 Å². The Morgan fingerprint density at radius 3 is 2.78 bits per heavy atom. The van der Waals surface area contributed by atoms with Crippen LogP contribution in [0.3, 0.4) is 0 Å². The van der Waals surface area contributed by atoms with Crippen molar-refractivity contribution in [3.8, 4) is 11.4 Å². The van der Waals surface area contributed by atoms with Gasteiger partial charge in [0.05, 0.1) is 5.52 Å². The summed E-state index contributed by atoms with van der Waals surface area (Å²) in [6, 6.07) is 12.8. The number of likely N-dealkylation sites (tertiary alicyclic amines) is 1. The molecule has 1 aromatic carbocycles. The van der Waals surface area contributed by atoms with Gasteiger partial charge in [0.2, 0.25) is 0 Å². The molecule has 1 atom stereocenters. The van der Waals surface area contributed by atoms with Crippen molar-refractivity contribution < 1.29 is 0 Å². The zero-order valence-electron chi connectivity index (χ0n) is 15.9. The molecule has 140 valence electrons. The third-order valence-electron chi connectivity index (χ3n) is 5.40. The smallest absolute Gasteiger partial charge is 0.162 e. The van der Waals surface area contributed by atoms with Crippen LogP contribution in [-0.2, 0) is 0 Å². The molecule has 27 heavy (non-hydrogen) atoms. The fourth-order valence-electron chi connectivity index (χ4n) is 3.82. The van der Waals surface area contributed by atoms with Crippen LogP contribution < -0.4 is 5.32 Å². The molecule has 1 saturated heterocycles. The number of para-hydroxylation sites is 1. The van der Waals surface area contributed by atoms with Gasteiger partial charge in [0.15, 0.2) is 5.82 Å². The number of aromatic nitrogens is 3. The molecule has 1 N–H and O–H groups in total. The molecule has 1 fully saturated rings. The van der Waals surface area contributed by atoms with E-state index in [4.69, 9.17) is 9.97 Å². The van der Waals surface area contributed by atoms with Gasteiger partial charge in [0.1, 0.15) is 5.82 Å². The van der Waals surface area contributed by atoms with E-state index in [0.29, 0.717) is 0 Å². The maximum absolute atomic E-state index is 4.81. The average Bonchev–Trinajstić information content (AvgIpc) is 2.73. The maximum Gasteiger partial charge on any atom is 0.162 e. The van der Waals surface area contributed by atoms with Crippen LogP contribution >= 0.6 is 0 Å². The van der Waals surface area contributed by atoms with Gasteiger partial charge in [-0.15, -0.1) is 0 Å². The molecule has 3 heterocycles. The number of rotatable bonds is 6. The van der Waals surface area contributed by atoms with Crippen molar-refractivity contribution in [3.63, 3.8) is 0 Å². The highest BCUT2D eigenvalue weighted by Gasteiger charge is 2.17. The summed E-state index contributed by atoms with van der Waals surface area (Å²) in [5.74, 6) is 1.65. The molecule has 0 bridgehead atoms. The van der Waals surface area contributed by atoms with Crippen LogP contribution in [0.5, 0.6) is 0 Å². The number of benzene rings is 1. The van der Waals surface area contributed by atoms with E-state index < -0.39 is 0 Å². The minimum atomic E-state index is 0.719. The molecule has 1 aliphatic rings. The van der Waals surface area contributed by atoms with Crippen LogP contribution in [0.25, 0.3) is 22.3 Å². The van der Waals surface area contributed by atoms with Gasteiger partial charge in [-0.05, 0) is 57.0 Å². The van der Waals surface area contributed by atoms with Gasteiger partial charge in [-0.3, -0.25) is 4.98 Å². The van der Waals surface area contributed by atoms with Gasteiger partial charge in [0.25, 0.3) is 0 Å². The van der Waals surface area contributed by atoms with Crippen molar-refractivity contribution in [2.75, 3.05) is 25.0 Å². The molecule has 0 saturated carbocycles. The third-order valence-corrected chi connectivity index (χ3v) is 5.40. The first kappa shape index (κ1) is 17.9. The Bertz CT molecular complexity index is 880. The number of fused-ring (bicyclic) bond motifs is 1. The molecule has 5 nitrogen and oxygen atoms in total. The molecule has 5 heteroatoms. The molecular weight excluding hydrogens is 334 g/mol. The van der Waals surface area contributed by atoms with Crippen molar-refractivity contribution in [3.05, 3.63) is 48.8 Å². The number of hydrogen-bond acceptors (Lipinski definition) is 5. The number of anilines is 1. The fraction of sp³-hybridized carbons (Fsp3) is 0.409. The summed E-state index contributed by atoms with van der Waals surface area (Å²) in [7, 11) is 0. The lowest BCUT2D eigenvalue weighted by atomic mass is 10.0. The molecule has 1 aliphatic heterocycles. The Balaban J connectivity index is 1.48. The average molecular weight is 361 g/mol. The SMILES string of the molecule is CC1CCCCN1CCCNc1nc(-c2ccncc2)nc2ccccc12. The van der Waals surface area contributed by atoms with E-state index in [0.717, 1.165) is 53.7 Å². The topological polar surface area (TPSA) is 53.9 Å². The Hall–Kier alpha value is -2.53. The van der Waals surface area contributed by atoms with Crippen LogP contribution in [0.15, 0.2) is 48.8 Å². The van der Waals surface area contributed by atoms with Gasteiger partial charge in [0, 0.05) is 42.5 Å². The summed E-state index contributed by atoms with van der Waals surface area (Å²) in [5.41, 5.74) is 1.95. The second-order valence-electron chi connectivity index (χ2n) is 7.31. The highest BCUT2D eigenvalue weighted by atomic mass is 15.2. The molecule has 0 radical (unpaired) electrons. The van der Waals surface area contributed by atoms with Gasteiger partial charge >= 0.3 is 0 Å². The number of pyridine rings is 1. The molecule has 0 spiro atoms. The molecule has 1 unspecified atom stereocenters. The summed E-state index contributed by atoms with van der Waals surface area (Å²) >= 11 is 0. The van der Waals surface area contributed by atoms with Crippen LogP contribution in [0.1, 0.15) is 32.6 Å². The van der Waals surface area contributed by atoms with E-state index in [-0.39, 0.29) is 0 Å². The van der Waals surface area contributed by atoms with Gasteiger partial charge in [-0.2, -0.15) is 0 Å². The summed E-state index contributed by atoms with van der Waals surface area (Å²) in [6.45, 7) is 5.66. The standard InChI is InChI=1S/C22H27N5/c1-17-7-4-5-15-27(17)16-6-12-24-22-19-8-2-3-9-20(19)25-21(26-22)18-10-13-23-14-11-18/h2-3,8-11,13-14,17H,4-7,12,15-16H2,1H3,(H,24,25,26). The Kier molecular flexibility index (Phi) is 5.58. The van der Waals surface area contributed by atoms with E-state index in [1.54, 1.807) is 12.4 Å². The number of nitrogens with one attached hydrogen (secondary N) is 1. The normalized spacial score (nSPS) is 17.9. The van der Waals surface area contributed by atoms with E-state index in [1.165, 1.54) is 25.8 Å². The Morgan fingerprint density at radius 1 is 1.07 bits per heavy atom. The minimum Gasteiger partial charge on any atom is -0.369 e. The van der Waals surface area contributed by atoms with Crippen molar-refractivity contribution in [2.45, 2.75) is 38.6 Å². The van der Waals surface area contributed by atoms with E-state index in [1.807, 2.05) is 30.3 Å². The maximum atomic E-state index is 4.81. The van der Waals surface area contributed by atoms with E-state index in [9.17, 15) is 0 Å². The van der Waals surface area contributed by atoms with Crippen LogP contribution in [0.4, 0.5) is 5.82 Å². The van der Waals surface area contributed by atoms with Crippen LogP contribution in [0, 0.1) is 0 Å². The highest BCUT2D eigenvalue weighted by molar-refractivity contribution is 5.90. The van der Waals surface area contributed by atoms with Gasteiger partial charge in [-0.1, -0.05) is 18.6 Å². The molecule has 0 aliphatic carbocycles. The quantitative estimate of drug-likeness (QED) is 0.661. The molecular formula is C22H27N5. The minimum absolute atomic E-state index is 0.719. The summed E-state index contributed by atoms with van der Waals surface area (Å²) in [4.78, 5) is 16.2. The predicted molar refractivity (Wildman–Crippen MR) is 111 cm³/mol. The first-order valence-electron chi connectivity index (χ1n) is 9.96. The summed E-state index contributed by atoms with van der Waals surface area (Å²) in [5, 5.41) is 4.63. The van der Waals surface area contributed by atoms with Crippen molar-refractivity contribution in [2.24, 2.45) is 0 Å². The van der Waals surface area contributed by atoms with Crippen molar-refractivity contribution in [1.29, 1.82) is 0 Å². The summed E-state index contributed by atoms with van der Waals surface area (Å²) in [6.07, 6.45) is 8.72. The van der Waals surface area contributed by atoms with E-state index >= 15 is 0 Å². The lowest BCUT2D eigenvalue weighted by Crippen LogP contribution is -2.38. The fourth-order valence-corrected chi connectivity index (χ4v) is 3.82. The van der Waals surface area contributed by atoms with Crippen molar-refractivity contribution in [1.82, 2.24) is 19.9 Å². The van der Waals surface area contributed by atoms with Gasteiger partial charge in [-0.25, -0.2) is 9.97 Å². The molecule has 0 amide bonds. The first-order chi connectivity index (χ1) is 13.3. The molecule has 3 aromatic rings. The highest BCUT2D eigenvalue weighted by Crippen LogP contribution is 2.24. The monoisotopic (exact) mass is 361 g/mol. The predicted octanol–water partition coefficient (Wildman–Crippen LogP) is 4.37. The summed E-state index contributed by atoms with van der Waals surface area (Å²) < 4.78 is 0. The molecule has 2 aromatic heterocycles. The largest absolute Gasteiger partial charge is 0.369 e.